The Kier molecular flexibility index (Phi) is 5.33. The molecule has 4 rings (SSSR count). The normalized spacial score (nSPS) is 15.0. The molecule has 0 unspecified atom stereocenters. The summed E-state index contributed by atoms with van der Waals surface area (Å²) in [5.74, 6) is 6.15. The van der Waals surface area contributed by atoms with Gasteiger partial charge in [-0.25, -0.2) is 15.0 Å². The van der Waals surface area contributed by atoms with Crippen molar-refractivity contribution in [3.8, 4) is 11.5 Å². The Bertz CT molecular complexity index is 924. The van der Waals surface area contributed by atoms with E-state index in [1.165, 1.54) is 11.5 Å². The largest absolute Gasteiger partial charge is 0.497 e. The van der Waals surface area contributed by atoms with Crippen LogP contribution < -0.4 is 14.8 Å². The highest BCUT2D eigenvalue weighted by Crippen LogP contribution is 2.32. The van der Waals surface area contributed by atoms with Crippen LogP contribution in [0.2, 0.25) is 0 Å². The van der Waals surface area contributed by atoms with Crippen LogP contribution in [-0.2, 0) is 6.54 Å². The molecule has 2 aromatic heterocycles. The number of hydrogen-bond acceptors (Lipinski definition) is 7. The highest BCUT2D eigenvalue weighted by molar-refractivity contribution is 7.99. The van der Waals surface area contributed by atoms with Crippen molar-refractivity contribution in [3.63, 3.8) is 0 Å². The van der Waals surface area contributed by atoms with Gasteiger partial charge in [0.1, 0.15) is 23.7 Å². The number of anilines is 1. The fourth-order valence-electron chi connectivity index (χ4n) is 3.32. The van der Waals surface area contributed by atoms with Crippen LogP contribution in [0.1, 0.15) is 30.1 Å². The van der Waals surface area contributed by atoms with Gasteiger partial charge in [-0.1, -0.05) is 0 Å². The Morgan fingerprint density at radius 3 is 2.81 bits per heavy atom. The summed E-state index contributed by atoms with van der Waals surface area (Å²) in [6.45, 7) is 0.571. The molecule has 3 aromatic rings. The molecule has 3 heterocycles. The first-order valence-corrected chi connectivity index (χ1v) is 10.2. The smallest absolute Gasteiger partial charge is 0.163 e. The maximum atomic E-state index is 5.47. The number of aromatic amines is 1. The minimum Gasteiger partial charge on any atom is -0.497 e. The number of thioether (sulfide) groups is 1. The predicted octanol–water partition coefficient (Wildman–Crippen LogP) is 3.59. The fourth-order valence-corrected chi connectivity index (χ4v) is 4.42. The maximum Gasteiger partial charge on any atom is 0.163 e. The standard InChI is InChI=1S/C19H23N5O2S/c1-25-14-4-3-13(15(9-14)26-2)10-20-18-16-19(22-11-21-18)24-17(23-16)12-5-7-27-8-6-12/h3-4,9,11-12H,5-8,10H2,1-2H3,(H2,20,21,22,23,24). The SMILES string of the molecule is COc1ccc(CNc2ncnc3[nH]c(C4CCSCC4)nc23)c(OC)c1. The first-order chi connectivity index (χ1) is 13.3. The lowest BCUT2D eigenvalue weighted by atomic mass is 10.0. The molecular formula is C19H23N5O2S. The van der Waals surface area contributed by atoms with Crippen LogP contribution in [0.4, 0.5) is 5.82 Å². The van der Waals surface area contributed by atoms with Gasteiger partial charge in [0.2, 0.25) is 0 Å². The third-order valence-electron chi connectivity index (χ3n) is 4.85. The number of hydrogen-bond donors (Lipinski definition) is 2. The Labute approximate surface area is 162 Å². The van der Waals surface area contributed by atoms with E-state index in [0.29, 0.717) is 12.5 Å². The van der Waals surface area contributed by atoms with E-state index in [1.54, 1.807) is 20.5 Å². The summed E-state index contributed by atoms with van der Waals surface area (Å²) in [4.78, 5) is 17.0. The first kappa shape index (κ1) is 17.9. The van der Waals surface area contributed by atoms with Crippen molar-refractivity contribution < 1.29 is 9.47 Å². The van der Waals surface area contributed by atoms with Gasteiger partial charge in [0.05, 0.1) is 14.2 Å². The number of ether oxygens (including phenoxy) is 2. The lowest BCUT2D eigenvalue weighted by molar-refractivity contribution is 0.391. The van der Waals surface area contributed by atoms with E-state index in [1.807, 2.05) is 30.0 Å². The van der Waals surface area contributed by atoms with Crippen molar-refractivity contribution in [2.24, 2.45) is 0 Å². The van der Waals surface area contributed by atoms with Crippen LogP contribution >= 0.6 is 11.8 Å². The zero-order chi connectivity index (χ0) is 18.6. The second-order valence-corrected chi connectivity index (χ2v) is 7.68. The summed E-state index contributed by atoms with van der Waals surface area (Å²) in [6, 6.07) is 5.78. The lowest BCUT2D eigenvalue weighted by Gasteiger charge is -2.18. The number of methoxy groups -OCH3 is 2. The van der Waals surface area contributed by atoms with Crippen LogP contribution in [-0.4, -0.2) is 45.7 Å². The number of nitrogens with one attached hydrogen (secondary N) is 2. The summed E-state index contributed by atoms with van der Waals surface area (Å²) < 4.78 is 10.7. The Morgan fingerprint density at radius 1 is 1.19 bits per heavy atom. The van der Waals surface area contributed by atoms with Crippen LogP contribution in [0.3, 0.4) is 0 Å². The monoisotopic (exact) mass is 385 g/mol. The molecule has 7 nitrogen and oxygen atoms in total. The zero-order valence-electron chi connectivity index (χ0n) is 15.5. The number of nitrogens with zero attached hydrogens (tertiary/aromatic N) is 3. The molecule has 0 aliphatic carbocycles. The molecule has 1 aliphatic heterocycles. The molecule has 0 atom stereocenters. The van der Waals surface area contributed by atoms with Crippen LogP contribution in [0.5, 0.6) is 11.5 Å². The zero-order valence-corrected chi connectivity index (χ0v) is 16.3. The number of rotatable bonds is 6. The minimum atomic E-state index is 0.481. The molecule has 2 N–H and O–H groups in total. The molecule has 1 fully saturated rings. The average Bonchev–Trinajstić information content (AvgIpc) is 3.17. The molecule has 1 saturated heterocycles. The van der Waals surface area contributed by atoms with Crippen molar-refractivity contribution in [3.05, 3.63) is 35.9 Å². The summed E-state index contributed by atoms with van der Waals surface area (Å²) in [5.41, 5.74) is 2.59. The fraction of sp³-hybridized carbons (Fsp3) is 0.421. The van der Waals surface area contributed by atoms with Crippen molar-refractivity contribution in [1.82, 2.24) is 19.9 Å². The Morgan fingerprint density at radius 2 is 2.04 bits per heavy atom. The van der Waals surface area contributed by atoms with Gasteiger partial charge in [0.25, 0.3) is 0 Å². The second kappa shape index (κ2) is 8.04. The van der Waals surface area contributed by atoms with E-state index >= 15 is 0 Å². The van der Waals surface area contributed by atoms with Crippen molar-refractivity contribution in [2.75, 3.05) is 31.0 Å². The van der Waals surface area contributed by atoms with E-state index in [9.17, 15) is 0 Å². The molecule has 0 bridgehead atoms. The molecule has 27 heavy (non-hydrogen) atoms. The summed E-state index contributed by atoms with van der Waals surface area (Å²) >= 11 is 2.01. The molecule has 8 heteroatoms. The van der Waals surface area contributed by atoms with Gasteiger partial charge in [-0.15, -0.1) is 0 Å². The van der Waals surface area contributed by atoms with Gasteiger partial charge in [0, 0.05) is 24.1 Å². The van der Waals surface area contributed by atoms with E-state index in [4.69, 9.17) is 14.5 Å². The molecule has 1 aliphatic rings. The number of H-pyrrole nitrogens is 1. The van der Waals surface area contributed by atoms with Crippen LogP contribution in [0.15, 0.2) is 24.5 Å². The number of imidazole rings is 1. The van der Waals surface area contributed by atoms with Crippen LogP contribution in [0, 0.1) is 0 Å². The number of fused-ring (bicyclic) bond motifs is 1. The number of aromatic nitrogens is 4. The Hall–Kier alpha value is -2.48. The van der Waals surface area contributed by atoms with Gasteiger partial charge in [0.15, 0.2) is 17.0 Å². The molecule has 1 aromatic carbocycles. The highest BCUT2D eigenvalue weighted by Gasteiger charge is 2.20. The molecule has 0 radical (unpaired) electrons. The quantitative estimate of drug-likeness (QED) is 0.671. The van der Waals surface area contributed by atoms with Gasteiger partial charge in [-0.2, -0.15) is 11.8 Å². The number of benzene rings is 1. The molecule has 142 valence electrons. The van der Waals surface area contributed by atoms with E-state index < -0.39 is 0 Å². The van der Waals surface area contributed by atoms with E-state index in [0.717, 1.165) is 52.7 Å². The molecule has 0 saturated carbocycles. The maximum absolute atomic E-state index is 5.47. The predicted molar refractivity (Wildman–Crippen MR) is 108 cm³/mol. The van der Waals surface area contributed by atoms with Crippen molar-refractivity contribution in [1.29, 1.82) is 0 Å². The van der Waals surface area contributed by atoms with Gasteiger partial charge in [-0.3, -0.25) is 0 Å². The average molecular weight is 385 g/mol. The summed E-state index contributed by atoms with van der Waals surface area (Å²) in [5, 5.41) is 3.37. The third-order valence-corrected chi connectivity index (χ3v) is 5.90. The minimum absolute atomic E-state index is 0.481. The van der Waals surface area contributed by atoms with Gasteiger partial charge in [-0.05, 0) is 36.5 Å². The Balaban J connectivity index is 1.56. The van der Waals surface area contributed by atoms with E-state index in [-0.39, 0.29) is 0 Å². The van der Waals surface area contributed by atoms with Crippen LogP contribution in [0.25, 0.3) is 11.2 Å². The van der Waals surface area contributed by atoms with Crippen molar-refractivity contribution >= 4 is 28.7 Å². The topological polar surface area (TPSA) is 85.0 Å². The second-order valence-electron chi connectivity index (χ2n) is 6.46. The summed E-state index contributed by atoms with van der Waals surface area (Å²) in [7, 11) is 3.30. The molecule has 0 spiro atoms. The highest BCUT2D eigenvalue weighted by atomic mass is 32.2. The first-order valence-electron chi connectivity index (χ1n) is 9.01. The lowest BCUT2D eigenvalue weighted by Crippen LogP contribution is -2.09. The molecule has 0 amide bonds. The van der Waals surface area contributed by atoms with E-state index in [2.05, 4.69) is 20.3 Å². The molecular weight excluding hydrogens is 362 g/mol. The van der Waals surface area contributed by atoms with Crippen molar-refractivity contribution in [2.45, 2.75) is 25.3 Å². The summed E-state index contributed by atoms with van der Waals surface area (Å²) in [6.07, 6.45) is 3.88. The van der Waals surface area contributed by atoms with Gasteiger partial charge >= 0.3 is 0 Å². The van der Waals surface area contributed by atoms with Gasteiger partial charge < -0.3 is 19.8 Å². The third kappa shape index (κ3) is 3.80.